The van der Waals surface area contributed by atoms with Gasteiger partial charge in [-0.3, -0.25) is 24.2 Å². The molecule has 50 heavy (non-hydrogen) atoms. The van der Waals surface area contributed by atoms with Crippen molar-refractivity contribution in [1.82, 2.24) is 21.3 Å². The number of nitrogens with two attached hydrogens (primary N) is 1. The molecule has 284 valence electrons. The fourth-order valence-corrected chi connectivity index (χ4v) is 8.82. The average Bonchev–Trinajstić information content (AvgIpc) is 3.35. The van der Waals surface area contributed by atoms with Gasteiger partial charge in [-0.1, -0.05) is 64.7 Å². The number of thioether (sulfide) groups is 1. The van der Waals surface area contributed by atoms with Crippen molar-refractivity contribution in [3.63, 3.8) is 0 Å². The summed E-state index contributed by atoms with van der Waals surface area (Å²) in [5.41, 5.74) is 6.48. The predicted octanol–water partition coefficient (Wildman–Crippen LogP) is 5.79. The zero-order chi connectivity index (χ0) is 36.2. The number of carbonyl (C=O) groups excluding carboxylic acids is 4. The van der Waals surface area contributed by atoms with E-state index in [1.165, 1.54) is 94.9 Å². The molecule has 2 unspecified atom stereocenters. The summed E-state index contributed by atoms with van der Waals surface area (Å²) in [7, 11) is 3.48. The first-order valence-electron chi connectivity index (χ1n) is 19.8. The Kier molecular flexibility index (Phi) is 19.5. The van der Waals surface area contributed by atoms with Crippen LogP contribution in [0.15, 0.2) is 16.0 Å². The molecular weight excluding hydrogens is 649 g/mol. The van der Waals surface area contributed by atoms with Crippen LogP contribution >= 0.6 is 11.8 Å². The summed E-state index contributed by atoms with van der Waals surface area (Å²) in [4.78, 5) is 55.7. The van der Waals surface area contributed by atoms with Gasteiger partial charge in [-0.05, 0) is 88.0 Å². The molecule has 11 heteroatoms. The van der Waals surface area contributed by atoms with E-state index < -0.39 is 12.0 Å². The molecule has 0 bridgehead atoms. The molecule has 0 saturated heterocycles. The molecule has 3 rings (SSSR count). The molecule has 2 amide bonds. The summed E-state index contributed by atoms with van der Waals surface area (Å²) in [6.45, 7) is 4.28. The van der Waals surface area contributed by atoms with Crippen LogP contribution in [0.2, 0.25) is 0 Å². The zero-order valence-corrected chi connectivity index (χ0v) is 32.2. The molecular formula is C39H68N6O4S. The third-order valence-corrected chi connectivity index (χ3v) is 12.3. The number of aliphatic imine (C=N–C) groups is 1. The van der Waals surface area contributed by atoms with Crippen molar-refractivity contribution in [2.75, 3.05) is 39.5 Å². The van der Waals surface area contributed by atoms with Crippen molar-refractivity contribution in [2.45, 2.75) is 141 Å². The minimum absolute atomic E-state index is 0.0342. The first kappa shape index (κ1) is 42.0. The predicted molar refractivity (Wildman–Crippen MR) is 206 cm³/mol. The molecule has 2 saturated carbocycles. The van der Waals surface area contributed by atoms with E-state index in [0.29, 0.717) is 48.0 Å². The van der Waals surface area contributed by atoms with Crippen LogP contribution < -0.4 is 27.0 Å². The lowest BCUT2D eigenvalue weighted by atomic mass is 9.76. The number of hydrogen-bond acceptors (Lipinski definition) is 7. The Morgan fingerprint density at radius 1 is 0.900 bits per heavy atom. The van der Waals surface area contributed by atoms with E-state index in [1.54, 1.807) is 14.1 Å². The molecule has 2 fully saturated rings. The first-order valence-corrected chi connectivity index (χ1v) is 20.8. The van der Waals surface area contributed by atoms with Gasteiger partial charge in [-0.2, -0.15) is 0 Å². The van der Waals surface area contributed by atoms with Crippen LogP contribution in [0.5, 0.6) is 0 Å². The van der Waals surface area contributed by atoms with Crippen LogP contribution in [0.25, 0.3) is 0 Å². The fraction of sp³-hybridized carbons (Fsp3) is 0.821. The monoisotopic (exact) mass is 717 g/mol. The molecule has 0 heterocycles. The van der Waals surface area contributed by atoms with Crippen LogP contribution in [0.3, 0.4) is 0 Å². The van der Waals surface area contributed by atoms with Crippen molar-refractivity contribution in [1.29, 1.82) is 0 Å². The molecule has 0 aliphatic heterocycles. The second-order valence-electron chi connectivity index (χ2n) is 15.3. The summed E-state index contributed by atoms with van der Waals surface area (Å²) >= 11 is 1.32. The van der Waals surface area contributed by atoms with E-state index in [4.69, 9.17) is 5.73 Å². The number of Topliss-reactive ketones (excluding diaryl/α,β-unsaturated/α-hetero) is 1. The second kappa shape index (κ2) is 23.2. The number of unbranched alkanes of at least 4 members (excludes halogenated alkanes) is 1. The van der Waals surface area contributed by atoms with Crippen LogP contribution in [0, 0.1) is 23.2 Å². The maximum absolute atomic E-state index is 13.1. The first-order chi connectivity index (χ1) is 24.2. The summed E-state index contributed by atoms with van der Waals surface area (Å²) in [6.07, 6.45) is 24.0. The molecule has 0 aromatic carbocycles. The number of guanidine groups is 1. The van der Waals surface area contributed by atoms with E-state index in [1.807, 2.05) is 0 Å². The highest BCUT2D eigenvalue weighted by atomic mass is 32.2. The molecule has 0 spiro atoms. The molecule has 0 aromatic rings. The van der Waals surface area contributed by atoms with Gasteiger partial charge < -0.3 is 27.0 Å². The molecule has 0 radical (unpaired) electrons. The van der Waals surface area contributed by atoms with Crippen molar-refractivity contribution in [3.8, 4) is 0 Å². The smallest absolute Gasteiger partial charge is 0.236 e. The Bertz CT molecular complexity index is 1120. The summed E-state index contributed by atoms with van der Waals surface area (Å²) in [5.74, 6) is 0.646. The van der Waals surface area contributed by atoms with Gasteiger partial charge in [-0.15, -0.1) is 11.8 Å². The fourth-order valence-electron chi connectivity index (χ4n) is 7.91. The van der Waals surface area contributed by atoms with E-state index in [0.717, 1.165) is 45.1 Å². The second-order valence-corrected chi connectivity index (χ2v) is 16.4. The highest BCUT2D eigenvalue weighted by molar-refractivity contribution is 8.04. The number of hydrogen-bond donors (Lipinski definition) is 5. The van der Waals surface area contributed by atoms with Crippen molar-refractivity contribution in [2.24, 2.45) is 33.9 Å². The van der Waals surface area contributed by atoms with Crippen molar-refractivity contribution < 1.29 is 19.2 Å². The molecule has 2 atom stereocenters. The molecule has 0 aromatic heterocycles. The van der Waals surface area contributed by atoms with Crippen molar-refractivity contribution in [3.05, 3.63) is 11.0 Å². The van der Waals surface area contributed by atoms with Crippen LogP contribution in [-0.4, -0.2) is 74.9 Å². The number of nitrogens with zero attached hydrogens (tertiary/aromatic N) is 1. The van der Waals surface area contributed by atoms with Gasteiger partial charge >= 0.3 is 0 Å². The lowest BCUT2D eigenvalue weighted by molar-refractivity contribution is -0.128. The maximum Gasteiger partial charge on any atom is 0.236 e. The van der Waals surface area contributed by atoms with Gasteiger partial charge in [0, 0.05) is 45.4 Å². The minimum atomic E-state index is -0.608. The number of rotatable bonds is 17. The molecule has 6 N–H and O–H groups in total. The van der Waals surface area contributed by atoms with E-state index >= 15 is 0 Å². The number of ketones is 2. The highest BCUT2D eigenvalue weighted by Gasteiger charge is 2.37. The molecule has 3 aliphatic rings. The van der Waals surface area contributed by atoms with E-state index in [2.05, 4.69) is 33.2 Å². The lowest BCUT2D eigenvalue weighted by Crippen LogP contribution is -2.42. The number of carbonyl (C=O) groups is 4. The van der Waals surface area contributed by atoms with E-state index in [9.17, 15) is 19.2 Å². The summed E-state index contributed by atoms with van der Waals surface area (Å²) in [6, 6.07) is -0.605. The number of nitrogens with one attached hydrogen (secondary N) is 4. The van der Waals surface area contributed by atoms with Crippen LogP contribution in [0.4, 0.5) is 0 Å². The lowest BCUT2D eigenvalue weighted by Gasteiger charge is -2.30. The summed E-state index contributed by atoms with van der Waals surface area (Å²) < 4.78 is 0. The van der Waals surface area contributed by atoms with Gasteiger partial charge in [0.25, 0.3) is 0 Å². The Balaban J connectivity index is 1.26. The van der Waals surface area contributed by atoms with Crippen LogP contribution in [0.1, 0.15) is 135 Å². The number of allylic oxidation sites excluding steroid dienone is 2. The van der Waals surface area contributed by atoms with Gasteiger partial charge in [0.2, 0.25) is 11.8 Å². The van der Waals surface area contributed by atoms with Crippen molar-refractivity contribution >= 4 is 41.1 Å². The van der Waals surface area contributed by atoms with Gasteiger partial charge in [0.15, 0.2) is 17.5 Å². The maximum atomic E-state index is 13.1. The SMILES string of the molecule is CN=C(NC)NCCCC(N)C(=O)NCCSC1=CC(=O)C(CC2CCC(C(=O)NCCCCC3(C)CCCCCCCCCC3)CC2)C1=O. The van der Waals surface area contributed by atoms with Crippen LogP contribution in [-0.2, 0) is 19.2 Å². The Morgan fingerprint density at radius 2 is 1.54 bits per heavy atom. The Morgan fingerprint density at radius 3 is 2.18 bits per heavy atom. The largest absolute Gasteiger partial charge is 0.359 e. The highest BCUT2D eigenvalue weighted by Crippen LogP contribution is 2.38. The quantitative estimate of drug-likeness (QED) is 0.0549. The topological polar surface area (TPSA) is 155 Å². The van der Waals surface area contributed by atoms with Gasteiger partial charge in [-0.25, -0.2) is 0 Å². The van der Waals surface area contributed by atoms with Gasteiger partial charge in [0.05, 0.1) is 16.9 Å². The number of amides is 2. The molecule has 10 nitrogen and oxygen atoms in total. The summed E-state index contributed by atoms with van der Waals surface area (Å²) in [5, 5.41) is 12.1. The third-order valence-electron chi connectivity index (χ3n) is 11.2. The Hall–Kier alpha value is -2.40. The molecule has 3 aliphatic carbocycles. The average molecular weight is 717 g/mol. The standard InChI is InChI=1S/C39H68N6O4S/c1-39(20-10-8-6-4-5-7-9-11-21-39)22-12-13-23-43-36(48)30-18-16-29(17-19-30)27-31-33(46)28-34(35(31)47)50-26-25-44-37(49)32(40)15-14-24-45-38(41-2)42-3/h28-32H,4-27,40H2,1-3H3,(H,43,48)(H,44,49)(H2,41,42,45). The third kappa shape index (κ3) is 15.1. The normalized spacial score (nSPS) is 24.1. The van der Waals surface area contributed by atoms with E-state index in [-0.39, 0.29) is 35.2 Å². The zero-order valence-electron chi connectivity index (χ0n) is 31.4. The minimum Gasteiger partial charge on any atom is -0.359 e. The van der Waals surface area contributed by atoms with Gasteiger partial charge in [0.1, 0.15) is 0 Å². The Labute approximate surface area is 306 Å².